The zero-order valence-electron chi connectivity index (χ0n) is 16.4. The van der Waals surface area contributed by atoms with Crippen molar-refractivity contribution in [3.8, 4) is 0 Å². The number of para-hydroxylation sites is 1. The molecule has 1 aromatic heterocycles. The van der Waals surface area contributed by atoms with Gasteiger partial charge in [0.25, 0.3) is 0 Å². The smallest absolute Gasteiger partial charge is 0.321 e. The SMILES string of the molecule is CCOC(=O)C(C(=O)OCC)[C@@H](c1ccccc1)c1c(C)[nH]c2ccccc12. The van der Waals surface area contributed by atoms with Crippen LogP contribution in [0.2, 0.25) is 0 Å². The van der Waals surface area contributed by atoms with Gasteiger partial charge in [0.1, 0.15) is 0 Å². The molecule has 0 saturated heterocycles. The maximum absolute atomic E-state index is 12.9. The largest absolute Gasteiger partial charge is 0.465 e. The summed E-state index contributed by atoms with van der Waals surface area (Å²) in [5.74, 6) is -2.74. The lowest BCUT2D eigenvalue weighted by Gasteiger charge is -2.25. The Kier molecular flexibility index (Phi) is 6.14. The number of hydrogen-bond acceptors (Lipinski definition) is 4. The number of ether oxygens (including phenoxy) is 2. The van der Waals surface area contributed by atoms with Crippen LogP contribution in [0.15, 0.2) is 54.6 Å². The molecule has 0 aliphatic carbocycles. The average Bonchev–Trinajstić information content (AvgIpc) is 3.02. The first kappa shape index (κ1) is 19.7. The first-order valence-corrected chi connectivity index (χ1v) is 9.53. The monoisotopic (exact) mass is 379 g/mol. The molecule has 0 bridgehead atoms. The van der Waals surface area contributed by atoms with Crippen LogP contribution in [0.25, 0.3) is 10.9 Å². The molecule has 1 N–H and O–H groups in total. The molecule has 0 fully saturated rings. The van der Waals surface area contributed by atoms with Crippen LogP contribution in [0.5, 0.6) is 0 Å². The standard InChI is InChI=1S/C23H25NO4/c1-4-27-22(25)21(23(26)28-5-2)20(16-11-7-6-8-12-16)19-15(3)24-18-14-10-9-13-17(18)19/h6-14,20-21,24H,4-5H2,1-3H3/t20-/m0/s1. The Labute approximate surface area is 164 Å². The molecule has 1 atom stereocenters. The van der Waals surface area contributed by atoms with Crippen molar-refractivity contribution in [2.24, 2.45) is 5.92 Å². The Hall–Kier alpha value is -3.08. The number of nitrogens with one attached hydrogen (secondary N) is 1. The Morgan fingerprint density at radius 3 is 2.07 bits per heavy atom. The van der Waals surface area contributed by atoms with E-state index >= 15 is 0 Å². The number of aryl methyl sites for hydroxylation is 1. The van der Waals surface area contributed by atoms with Crippen molar-refractivity contribution in [2.75, 3.05) is 13.2 Å². The van der Waals surface area contributed by atoms with E-state index in [9.17, 15) is 9.59 Å². The van der Waals surface area contributed by atoms with Gasteiger partial charge >= 0.3 is 11.9 Å². The van der Waals surface area contributed by atoms with E-state index in [0.717, 1.165) is 27.7 Å². The fraction of sp³-hybridized carbons (Fsp3) is 0.304. The van der Waals surface area contributed by atoms with E-state index in [-0.39, 0.29) is 13.2 Å². The number of carbonyl (C=O) groups excluding carboxylic acids is 2. The fourth-order valence-electron chi connectivity index (χ4n) is 3.72. The minimum atomic E-state index is -1.08. The molecule has 1 heterocycles. The summed E-state index contributed by atoms with van der Waals surface area (Å²) in [7, 11) is 0. The van der Waals surface area contributed by atoms with Gasteiger partial charge in [0, 0.05) is 22.5 Å². The van der Waals surface area contributed by atoms with E-state index in [4.69, 9.17) is 9.47 Å². The van der Waals surface area contributed by atoms with E-state index < -0.39 is 23.8 Å². The summed E-state index contributed by atoms with van der Waals surface area (Å²) in [6.45, 7) is 5.81. The van der Waals surface area contributed by atoms with Gasteiger partial charge < -0.3 is 14.5 Å². The van der Waals surface area contributed by atoms with Gasteiger partial charge in [-0.1, -0.05) is 48.5 Å². The zero-order chi connectivity index (χ0) is 20.1. The van der Waals surface area contributed by atoms with Crippen LogP contribution in [0.1, 0.15) is 36.6 Å². The van der Waals surface area contributed by atoms with Gasteiger partial charge in [-0.2, -0.15) is 0 Å². The summed E-state index contributed by atoms with van der Waals surface area (Å²) in [5, 5.41) is 0.979. The zero-order valence-corrected chi connectivity index (χ0v) is 16.4. The number of fused-ring (bicyclic) bond motifs is 1. The van der Waals surface area contributed by atoms with Gasteiger partial charge in [0.05, 0.1) is 13.2 Å². The molecule has 0 saturated carbocycles. The number of benzene rings is 2. The predicted octanol–water partition coefficient (Wildman–Crippen LogP) is 4.35. The molecule has 5 nitrogen and oxygen atoms in total. The fourth-order valence-corrected chi connectivity index (χ4v) is 3.72. The molecule has 2 aromatic carbocycles. The molecule has 0 spiro atoms. The third kappa shape index (κ3) is 3.79. The second kappa shape index (κ2) is 8.74. The van der Waals surface area contributed by atoms with E-state index in [2.05, 4.69) is 4.98 Å². The highest BCUT2D eigenvalue weighted by Crippen LogP contribution is 2.39. The molecule has 3 rings (SSSR count). The minimum Gasteiger partial charge on any atom is -0.465 e. The summed E-state index contributed by atoms with van der Waals surface area (Å²) in [4.78, 5) is 29.1. The van der Waals surface area contributed by atoms with Crippen LogP contribution in [0, 0.1) is 12.8 Å². The molecular formula is C23H25NO4. The van der Waals surface area contributed by atoms with Crippen molar-refractivity contribution in [1.29, 1.82) is 0 Å². The predicted molar refractivity (Wildman–Crippen MR) is 108 cm³/mol. The highest BCUT2D eigenvalue weighted by atomic mass is 16.6. The summed E-state index contributed by atoms with van der Waals surface area (Å²) in [6.07, 6.45) is 0. The van der Waals surface area contributed by atoms with Crippen molar-refractivity contribution >= 4 is 22.8 Å². The molecule has 0 radical (unpaired) electrons. The Bertz CT molecular complexity index is 943. The number of hydrogen-bond donors (Lipinski definition) is 1. The lowest BCUT2D eigenvalue weighted by Crippen LogP contribution is -2.34. The van der Waals surface area contributed by atoms with Gasteiger partial charge in [-0.15, -0.1) is 0 Å². The average molecular weight is 379 g/mol. The molecule has 28 heavy (non-hydrogen) atoms. The number of rotatable bonds is 7. The third-order valence-corrected chi connectivity index (χ3v) is 4.83. The molecule has 146 valence electrons. The number of esters is 2. The van der Waals surface area contributed by atoms with Crippen molar-refractivity contribution in [3.63, 3.8) is 0 Å². The van der Waals surface area contributed by atoms with E-state index in [1.54, 1.807) is 13.8 Å². The van der Waals surface area contributed by atoms with Crippen molar-refractivity contribution in [2.45, 2.75) is 26.7 Å². The number of aromatic amines is 1. The topological polar surface area (TPSA) is 68.4 Å². The minimum absolute atomic E-state index is 0.198. The van der Waals surface area contributed by atoms with Crippen LogP contribution in [0.4, 0.5) is 0 Å². The lowest BCUT2D eigenvalue weighted by molar-refractivity contribution is -0.162. The Morgan fingerprint density at radius 1 is 0.893 bits per heavy atom. The van der Waals surface area contributed by atoms with Gasteiger partial charge in [-0.25, -0.2) is 0 Å². The lowest BCUT2D eigenvalue weighted by atomic mass is 9.79. The highest BCUT2D eigenvalue weighted by Gasteiger charge is 2.41. The van der Waals surface area contributed by atoms with E-state index in [1.807, 2.05) is 61.5 Å². The Balaban J connectivity index is 2.24. The number of carbonyl (C=O) groups is 2. The molecule has 0 aliphatic heterocycles. The van der Waals surface area contributed by atoms with Crippen molar-refractivity contribution < 1.29 is 19.1 Å². The van der Waals surface area contributed by atoms with Crippen LogP contribution in [-0.2, 0) is 19.1 Å². The molecule has 0 amide bonds. The van der Waals surface area contributed by atoms with Crippen molar-refractivity contribution in [1.82, 2.24) is 4.98 Å². The summed E-state index contributed by atoms with van der Waals surface area (Å²) in [5.41, 5.74) is 3.64. The van der Waals surface area contributed by atoms with Crippen LogP contribution >= 0.6 is 0 Å². The number of aromatic nitrogens is 1. The summed E-state index contributed by atoms with van der Waals surface area (Å²) in [6, 6.07) is 17.5. The maximum atomic E-state index is 12.9. The summed E-state index contributed by atoms with van der Waals surface area (Å²) < 4.78 is 10.5. The van der Waals surface area contributed by atoms with Gasteiger partial charge in [-0.3, -0.25) is 9.59 Å². The first-order chi connectivity index (χ1) is 13.6. The van der Waals surface area contributed by atoms with Crippen molar-refractivity contribution in [3.05, 3.63) is 71.4 Å². The van der Waals surface area contributed by atoms with E-state index in [1.165, 1.54) is 0 Å². The third-order valence-electron chi connectivity index (χ3n) is 4.83. The molecule has 0 unspecified atom stereocenters. The van der Waals surface area contributed by atoms with E-state index in [0.29, 0.717) is 0 Å². The van der Waals surface area contributed by atoms with Crippen LogP contribution in [0.3, 0.4) is 0 Å². The van der Waals surface area contributed by atoms with Gasteiger partial charge in [-0.05, 0) is 38.0 Å². The summed E-state index contributed by atoms with van der Waals surface area (Å²) >= 11 is 0. The first-order valence-electron chi connectivity index (χ1n) is 9.53. The molecule has 0 aliphatic rings. The van der Waals surface area contributed by atoms with Gasteiger partial charge in [0.15, 0.2) is 5.92 Å². The Morgan fingerprint density at radius 2 is 1.46 bits per heavy atom. The van der Waals surface area contributed by atoms with Crippen LogP contribution < -0.4 is 0 Å². The molecular weight excluding hydrogens is 354 g/mol. The maximum Gasteiger partial charge on any atom is 0.321 e. The normalized spacial score (nSPS) is 12.1. The molecule has 3 aromatic rings. The second-order valence-electron chi connectivity index (χ2n) is 6.58. The van der Waals surface area contributed by atoms with Gasteiger partial charge in [0.2, 0.25) is 0 Å². The molecule has 5 heteroatoms. The quantitative estimate of drug-likeness (QED) is 0.489. The second-order valence-corrected chi connectivity index (χ2v) is 6.58. The van der Waals surface area contributed by atoms with Crippen LogP contribution in [-0.4, -0.2) is 30.1 Å². The highest BCUT2D eigenvalue weighted by molar-refractivity contribution is 5.98. The number of H-pyrrole nitrogens is 1.